The fourth-order valence-corrected chi connectivity index (χ4v) is 2.72. The SMILES string of the molecule is Cc1cc(C)cc(-c2ccc3c(c2)NCC(C)(C)O3)c1. The highest BCUT2D eigenvalue weighted by atomic mass is 16.5. The fraction of sp³-hybridized carbons (Fsp3) is 0.333. The number of fused-ring (bicyclic) bond motifs is 1. The van der Waals surface area contributed by atoms with Crippen LogP contribution in [-0.4, -0.2) is 12.1 Å². The molecule has 0 aromatic heterocycles. The van der Waals surface area contributed by atoms with E-state index in [1.165, 1.54) is 22.3 Å². The van der Waals surface area contributed by atoms with Crippen LogP contribution >= 0.6 is 0 Å². The summed E-state index contributed by atoms with van der Waals surface area (Å²) in [5.74, 6) is 0.939. The molecule has 0 fully saturated rings. The van der Waals surface area contributed by atoms with Gasteiger partial charge in [-0.05, 0) is 51.0 Å². The summed E-state index contributed by atoms with van der Waals surface area (Å²) in [6.07, 6.45) is 0. The second-order valence-electron chi connectivity index (χ2n) is 6.30. The maximum Gasteiger partial charge on any atom is 0.143 e. The van der Waals surface area contributed by atoms with Crippen molar-refractivity contribution >= 4 is 5.69 Å². The number of ether oxygens (including phenoxy) is 1. The second kappa shape index (κ2) is 4.55. The first-order valence-electron chi connectivity index (χ1n) is 7.09. The van der Waals surface area contributed by atoms with E-state index >= 15 is 0 Å². The molecule has 2 aromatic rings. The number of anilines is 1. The number of hydrogen-bond acceptors (Lipinski definition) is 2. The third-order valence-electron chi connectivity index (χ3n) is 3.63. The molecular weight excluding hydrogens is 246 g/mol. The Morgan fingerprint density at radius 2 is 1.65 bits per heavy atom. The first-order valence-corrected chi connectivity index (χ1v) is 7.09. The number of hydrogen-bond donors (Lipinski definition) is 1. The molecule has 0 spiro atoms. The number of nitrogens with one attached hydrogen (secondary N) is 1. The standard InChI is InChI=1S/C18H21NO/c1-12-7-13(2)9-15(8-12)14-5-6-17-16(10-14)19-11-18(3,4)20-17/h5-10,19H,11H2,1-4H3. The van der Waals surface area contributed by atoms with E-state index < -0.39 is 0 Å². The van der Waals surface area contributed by atoms with Crippen LogP contribution < -0.4 is 10.1 Å². The van der Waals surface area contributed by atoms with Gasteiger partial charge >= 0.3 is 0 Å². The van der Waals surface area contributed by atoms with E-state index in [0.717, 1.165) is 18.0 Å². The summed E-state index contributed by atoms with van der Waals surface area (Å²) >= 11 is 0. The van der Waals surface area contributed by atoms with Crippen LogP contribution in [0, 0.1) is 13.8 Å². The summed E-state index contributed by atoms with van der Waals surface area (Å²) in [4.78, 5) is 0. The van der Waals surface area contributed by atoms with E-state index in [9.17, 15) is 0 Å². The molecule has 0 radical (unpaired) electrons. The van der Waals surface area contributed by atoms with Crippen LogP contribution in [0.1, 0.15) is 25.0 Å². The van der Waals surface area contributed by atoms with Crippen molar-refractivity contribution in [2.45, 2.75) is 33.3 Å². The summed E-state index contributed by atoms with van der Waals surface area (Å²) in [5, 5.41) is 3.47. The van der Waals surface area contributed by atoms with Crippen LogP contribution in [-0.2, 0) is 0 Å². The molecule has 0 atom stereocenters. The lowest BCUT2D eigenvalue weighted by Crippen LogP contribution is -2.39. The molecule has 104 valence electrons. The van der Waals surface area contributed by atoms with Crippen molar-refractivity contribution in [3.05, 3.63) is 47.5 Å². The van der Waals surface area contributed by atoms with Gasteiger partial charge in [-0.2, -0.15) is 0 Å². The lowest BCUT2D eigenvalue weighted by Gasteiger charge is -2.33. The van der Waals surface area contributed by atoms with Gasteiger partial charge < -0.3 is 10.1 Å². The van der Waals surface area contributed by atoms with Crippen molar-refractivity contribution in [3.8, 4) is 16.9 Å². The Labute approximate surface area is 120 Å². The molecule has 0 unspecified atom stereocenters. The van der Waals surface area contributed by atoms with Gasteiger partial charge in [0.1, 0.15) is 11.4 Å². The smallest absolute Gasteiger partial charge is 0.143 e. The quantitative estimate of drug-likeness (QED) is 0.818. The van der Waals surface area contributed by atoms with Gasteiger partial charge in [-0.3, -0.25) is 0 Å². The molecule has 0 aliphatic carbocycles. The molecule has 20 heavy (non-hydrogen) atoms. The van der Waals surface area contributed by atoms with Crippen LogP contribution in [0.5, 0.6) is 5.75 Å². The van der Waals surface area contributed by atoms with Crippen molar-refractivity contribution in [2.75, 3.05) is 11.9 Å². The topological polar surface area (TPSA) is 21.3 Å². The zero-order valence-electron chi connectivity index (χ0n) is 12.6. The number of benzene rings is 2. The van der Waals surface area contributed by atoms with E-state index in [1.807, 2.05) is 0 Å². The summed E-state index contributed by atoms with van der Waals surface area (Å²) < 4.78 is 6.00. The Morgan fingerprint density at radius 3 is 2.35 bits per heavy atom. The maximum absolute atomic E-state index is 6.00. The molecule has 0 saturated heterocycles. The fourth-order valence-electron chi connectivity index (χ4n) is 2.72. The van der Waals surface area contributed by atoms with Gasteiger partial charge in [-0.15, -0.1) is 0 Å². The van der Waals surface area contributed by atoms with Crippen molar-refractivity contribution in [1.82, 2.24) is 0 Å². The number of rotatable bonds is 1. The highest BCUT2D eigenvalue weighted by Crippen LogP contribution is 2.36. The third kappa shape index (κ3) is 2.51. The molecule has 1 heterocycles. The molecule has 0 bridgehead atoms. The lowest BCUT2D eigenvalue weighted by atomic mass is 9.99. The van der Waals surface area contributed by atoms with E-state index in [2.05, 4.69) is 69.4 Å². The van der Waals surface area contributed by atoms with Gasteiger partial charge in [0.2, 0.25) is 0 Å². The van der Waals surface area contributed by atoms with Crippen LogP contribution in [0.3, 0.4) is 0 Å². The Morgan fingerprint density at radius 1 is 0.950 bits per heavy atom. The molecule has 0 amide bonds. The second-order valence-corrected chi connectivity index (χ2v) is 6.30. The van der Waals surface area contributed by atoms with E-state index in [0.29, 0.717) is 0 Å². The van der Waals surface area contributed by atoms with Gasteiger partial charge in [0, 0.05) is 0 Å². The monoisotopic (exact) mass is 267 g/mol. The van der Waals surface area contributed by atoms with Crippen molar-refractivity contribution < 1.29 is 4.74 Å². The number of aryl methyl sites for hydroxylation is 2. The minimum absolute atomic E-state index is 0.144. The van der Waals surface area contributed by atoms with Gasteiger partial charge in [0.05, 0.1) is 12.2 Å². The van der Waals surface area contributed by atoms with Crippen LogP contribution in [0.4, 0.5) is 5.69 Å². The predicted molar refractivity (Wildman–Crippen MR) is 84.5 cm³/mol. The molecule has 1 aliphatic heterocycles. The summed E-state index contributed by atoms with van der Waals surface area (Å²) in [5.41, 5.74) is 6.02. The first kappa shape index (κ1) is 13.0. The predicted octanol–water partition coefficient (Wildman–Crippen LogP) is 4.55. The molecule has 0 saturated carbocycles. The molecule has 1 N–H and O–H groups in total. The summed E-state index contributed by atoms with van der Waals surface area (Å²) in [6.45, 7) is 9.30. The Bertz CT molecular complexity index is 638. The zero-order chi connectivity index (χ0) is 14.3. The molecular formula is C18H21NO. The Kier molecular flexibility index (Phi) is 2.97. The highest BCUT2D eigenvalue weighted by molar-refractivity contribution is 5.73. The summed E-state index contributed by atoms with van der Waals surface area (Å²) in [6, 6.07) is 13.0. The van der Waals surface area contributed by atoms with Gasteiger partial charge in [0.15, 0.2) is 0 Å². The minimum atomic E-state index is -0.144. The van der Waals surface area contributed by atoms with E-state index in [4.69, 9.17) is 4.74 Å². The minimum Gasteiger partial charge on any atom is -0.484 e. The van der Waals surface area contributed by atoms with Gasteiger partial charge in [-0.25, -0.2) is 0 Å². The molecule has 2 nitrogen and oxygen atoms in total. The summed E-state index contributed by atoms with van der Waals surface area (Å²) in [7, 11) is 0. The largest absolute Gasteiger partial charge is 0.484 e. The third-order valence-corrected chi connectivity index (χ3v) is 3.63. The van der Waals surface area contributed by atoms with Crippen molar-refractivity contribution in [3.63, 3.8) is 0 Å². The molecule has 1 aliphatic rings. The molecule has 2 heteroatoms. The molecule has 3 rings (SSSR count). The Hall–Kier alpha value is -1.96. The zero-order valence-corrected chi connectivity index (χ0v) is 12.6. The van der Waals surface area contributed by atoms with Gasteiger partial charge in [0.25, 0.3) is 0 Å². The lowest BCUT2D eigenvalue weighted by molar-refractivity contribution is 0.116. The first-order chi connectivity index (χ1) is 9.43. The average Bonchev–Trinajstić information content (AvgIpc) is 2.36. The van der Waals surface area contributed by atoms with Crippen molar-refractivity contribution in [1.29, 1.82) is 0 Å². The highest BCUT2D eigenvalue weighted by Gasteiger charge is 2.26. The van der Waals surface area contributed by atoms with Crippen molar-refractivity contribution in [2.24, 2.45) is 0 Å². The normalized spacial score (nSPS) is 16.0. The molecule has 2 aromatic carbocycles. The van der Waals surface area contributed by atoms with Crippen LogP contribution in [0.25, 0.3) is 11.1 Å². The maximum atomic E-state index is 6.00. The average molecular weight is 267 g/mol. The van der Waals surface area contributed by atoms with Crippen LogP contribution in [0.2, 0.25) is 0 Å². The van der Waals surface area contributed by atoms with E-state index in [-0.39, 0.29) is 5.60 Å². The van der Waals surface area contributed by atoms with Crippen LogP contribution in [0.15, 0.2) is 36.4 Å². The van der Waals surface area contributed by atoms with E-state index in [1.54, 1.807) is 0 Å². The Balaban J connectivity index is 2.01. The van der Waals surface area contributed by atoms with Gasteiger partial charge in [-0.1, -0.05) is 35.4 Å².